The Morgan fingerprint density at radius 2 is 2.10 bits per heavy atom. The molecule has 0 saturated heterocycles. The molecule has 106 valence electrons. The highest BCUT2D eigenvalue weighted by Crippen LogP contribution is 2.37. The first-order valence-electron chi connectivity index (χ1n) is 6.25. The van der Waals surface area contributed by atoms with Crippen molar-refractivity contribution in [2.24, 2.45) is 0 Å². The van der Waals surface area contributed by atoms with Crippen molar-refractivity contribution in [3.63, 3.8) is 0 Å². The number of benzene rings is 2. The average Bonchev–Trinajstić information content (AvgIpc) is 2.87. The second kappa shape index (κ2) is 5.22. The van der Waals surface area contributed by atoms with Crippen LogP contribution in [0.4, 0.5) is 4.39 Å². The SMILES string of the molecule is COc1ccc(Cl)cc1-c1[nH]c2c(F)cccc2c1C=O. The predicted octanol–water partition coefficient (Wildman–Crippen LogP) is 4.45. The standard InChI is InChI=1S/C16H11ClFNO2/c1-21-14-6-5-9(17)7-11(14)15-12(8-20)10-3-2-4-13(18)16(10)19-15/h2-8,19H,1H3. The van der Waals surface area contributed by atoms with E-state index in [1.54, 1.807) is 30.3 Å². The minimum Gasteiger partial charge on any atom is -0.496 e. The number of carbonyl (C=O) groups excluding carboxylic acids is 1. The van der Waals surface area contributed by atoms with Gasteiger partial charge in [0.25, 0.3) is 0 Å². The van der Waals surface area contributed by atoms with Crippen molar-refractivity contribution in [3.05, 3.63) is 52.8 Å². The Kier molecular flexibility index (Phi) is 3.39. The number of halogens is 2. The van der Waals surface area contributed by atoms with Crippen LogP contribution in [0.15, 0.2) is 36.4 Å². The van der Waals surface area contributed by atoms with Gasteiger partial charge < -0.3 is 9.72 Å². The average molecular weight is 304 g/mol. The van der Waals surface area contributed by atoms with Crippen LogP contribution in [0, 0.1) is 5.82 Å². The maximum Gasteiger partial charge on any atom is 0.152 e. The molecule has 3 rings (SSSR count). The molecule has 0 amide bonds. The van der Waals surface area contributed by atoms with Crippen molar-refractivity contribution >= 4 is 28.8 Å². The number of fused-ring (bicyclic) bond motifs is 1. The Balaban J connectivity index is 2.37. The molecule has 0 aliphatic heterocycles. The van der Waals surface area contributed by atoms with E-state index in [9.17, 15) is 9.18 Å². The fraction of sp³-hybridized carbons (Fsp3) is 0.0625. The molecule has 0 spiro atoms. The molecule has 1 N–H and O–H groups in total. The highest BCUT2D eigenvalue weighted by atomic mass is 35.5. The second-order valence-electron chi connectivity index (χ2n) is 4.54. The molecule has 1 heterocycles. The molecular weight excluding hydrogens is 293 g/mol. The molecule has 2 aromatic carbocycles. The van der Waals surface area contributed by atoms with Crippen molar-refractivity contribution in [2.45, 2.75) is 0 Å². The van der Waals surface area contributed by atoms with Crippen LogP contribution in [-0.2, 0) is 0 Å². The van der Waals surface area contributed by atoms with E-state index < -0.39 is 5.82 Å². The van der Waals surface area contributed by atoms with Crippen molar-refractivity contribution in [1.82, 2.24) is 4.98 Å². The highest BCUT2D eigenvalue weighted by molar-refractivity contribution is 6.31. The van der Waals surface area contributed by atoms with Gasteiger partial charge in [-0.3, -0.25) is 4.79 Å². The van der Waals surface area contributed by atoms with Crippen LogP contribution in [0.5, 0.6) is 5.75 Å². The van der Waals surface area contributed by atoms with Gasteiger partial charge in [0.05, 0.1) is 18.3 Å². The van der Waals surface area contributed by atoms with Crippen LogP contribution in [0.25, 0.3) is 22.2 Å². The van der Waals surface area contributed by atoms with Crippen molar-refractivity contribution in [3.8, 4) is 17.0 Å². The fourth-order valence-electron chi connectivity index (χ4n) is 2.41. The van der Waals surface area contributed by atoms with Gasteiger partial charge in [-0.25, -0.2) is 4.39 Å². The molecule has 0 fully saturated rings. The lowest BCUT2D eigenvalue weighted by Gasteiger charge is -2.08. The molecule has 0 atom stereocenters. The van der Waals surface area contributed by atoms with E-state index >= 15 is 0 Å². The lowest BCUT2D eigenvalue weighted by molar-refractivity contribution is 0.112. The van der Waals surface area contributed by atoms with E-state index in [1.807, 2.05) is 0 Å². The topological polar surface area (TPSA) is 42.1 Å². The summed E-state index contributed by atoms with van der Waals surface area (Å²) in [5.41, 5.74) is 1.77. The summed E-state index contributed by atoms with van der Waals surface area (Å²) in [4.78, 5) is 14.4. The third-order valence-corrected chi connectivity index (χ3v) is 3.61. The molecule has 0 aliphatic carbocycles. The second-order valence-corrected chi connectivity index (χ2v) is 4.97. The summed E-state index contributed by atoms with van der Waals surface area (Å²) in [7, 11) is 1.52. The van der Waals surface area contributed by atoms with Crippen LogP contribution in [0.1, 0.15) is 10.4 Å². The Morgan fingerprint density at radius 1 is 1.29 bits per heavy atom. The van der Waals surface area contributed by atoms with E-state index in [4.69, 9.17) is 16.3 Å². The predicted molar refractivity (Wildman–Crippen MR) is 80.6 cm³/mol. The van der Waals surface area contributed by atoms with Crippen molar-refractivity contribution < 1.29 is 13.9 Å². The van der Waals surface area contributed by atoms with E-state index in [1.165, 1.54) is 13.2 Å². The number of hydrogen-bond donors (Lipinski definition) is 1. The quantitative estimate of drug-likeness (QED) is 0.726. The zero-order chi connectivity index (χ0) is 15.0. The zero-order valence-corrected chi connectivity index (χ0v) is 11.9. The molecule has 0 saturated carbocycles. The van der Waals surface area contributed by atoms with E-state index in [0.717, 1.165) is 0 Å². The Hall–Kier alpha value is -2.33. The number of rotatable bonds is 3. The monoisotopic (exact) mass is 303 g/mol. The number of hydrogen-bond acceptors (Lipinski definition) is 2. The van der Waals surface area contributed by atoms with Gasteiger partial charge in [-0.05, 0) is 24.3 Å². The molecule has 3 nitrogen and oxygen atoms in total. The Labute approximate surface area is 125 Å². The molecule has 1 aromatic heterocycles. The lowest BCUT2D eigenvalue weighted by Crippen LogP contribution is -1.91. The summed E-state index contributed by atoms with van der Waals surface area (Å²) in [6.45, 7) is 0. The van der Waals surface area contributed by atoms with Crippen LogP contribution in [-0.4, -0.2) is 18.4 Å². The highest BCUT2D eigenvalue weighted by Gasteiger charge is 2.18. The lowest BCUT2D eigenvalue weighted by atomic mass is 10.1. The van der Waals surface area contributed by atoms with Gasteiger partial charge in [0.1, 0.15) is 11.6 Å². The van der Waals surface area contributed by atoms with Gasteiger partial charge in [-0.15, -0.1) is 0 Å². The summed E-state index contributed by atoms with van der Waals surface area (Å²) in [5, 5.41) is 1.03. The molecule has 5 heteroatoms. The van der Waals surface area contributed by atoms with E-state index in [2.05, 4.69) is 4.98 Å². The van der Waals surface area contributed by atoms with Gasteiger partial charge >= 0.3 is 0 Å². The summed E-state index contributed by atoms with van der Waals surface area (Å²) < 4.78 is 19.2. The third kappa shape index (κ3) is 2.17. The van der Waals surface area contributed by atoms with Crippen LogP contribution in [0.2, 0.25) is 5.02 Å². The Bertz CT molecular complexity index is 842. The number of carbonyl (C=O) groups is 1. The largest absolute Gasteiger partial charge is 0.496 e. The molecule has 0 aliphatic rings. The van der Waals surface area contributed by atoms with Gasteiger partial charge in [0.15, 0.2) is 6.29 Å². The number of H-pyrrole nitrogens is 1. The molecular formula is C16H11ClFNO2. The first-order valence-corrected chi connectivity index (χ1v) is 6.62. The third-order valence-electron chi connectivity index (χ3n) is 3.37. The van der Waals surface area contributed by atoms with Gasteiger partial charge in [0.2, 0.25) is 0 Å². The first kappa shape index (κ1) is 13.6. The molecule has 0 bridgehead atoms. The normalized spacial score (nSPS) is 10.8. The maximum absolute atomic E-state index is 13.9. The van der Waals surface area contributed by atoms with Gasteiger partial charge in [-0.1, -0.05) is 23.7 Å². The zero-order valence-electron chi connectivity index (χ0n) is 11.1. The van der Waals surface area contributed by atoms with E-state index in [-0.39, 0.29) is 5.52 Å². The van der Waals surface area contributed by atoms with Crippen LogP contribution in [0.3, 0.4) is 0 Å². The maximum atomic E-state index is 13.9. The van der Waals surface area contributed by atoms with Crippen LogP contribution >= 0.6 is 11.6 Å². The Morgan fingerprint density at radius 3 is 2.81 bits per heavy atom. The minimum atomic E-state index is -0.414. The number of nitrogens with one attached hydrogen (secondary N) is 1. The number of aromatic amines is 1. The van der Waals surface area contributed by atoms with Crippen LogP contribution < -0.4 is 4.74 Å². The first-order chi connectivity index (χ1) is 10.2. The molecule has 21 heavy (non-hydrogen) atoms. The molecule has 0 unspecified atom stereocenters. The molecule has 3 aromatic rings. The minimum absolute atomic E-state index is 0.289. The summed E-state index contributed by atoms with van der Waals surface area (Å²) in [6.07, 6.45) is 0.702. The number of aldehydes is 1. The van der Waals surface area contributed by atoms with Gasteiger partial charge in [0, 0.05) is 21.5 Å². The summed E-state index contributed by atoms with van der Waals surface area (Å²) in [6, 6.07) is 9.67. The van der Waals surface area contributed by atoms with Crippen molar-refractivity contribution in [2.75, 3.05) is 7.11 Å². The number of aromatic nitrogens is 1. The van der Waals surface area contributed by atoms with Crippen molar-refractivity contribution in [1.29, 1.82) is 0 Å². The summed E-state index contributed by atoms with van der Waals surface area (Å²) >= 11 is 6.02. The van der Waals surface area contributed by atoms with E-state index in [0.29, 0.717) is 39.3 Å². The fourth-order valence-corrected chi connectivity index (χ4v) is 2.59. The summed E-state index contributed by atoms with van der Waals surface area (Å²) in [5.74, 6) is 0.136. The van der Waals surface area contributed by atoms with Gasteiger partial charge in [-0.2, -0.15) is 0 Å². The number of methoxy groups -OCH3 is 1. The smallest absolute Gasteiger partial charge is 0.152 e. The number of para-hydroxylation sites is 1. The number of ether oxygens (including phenoxy) is 1. The molecule has 0 radical (unpaired) electrons.